The number of hydrogen-bond donors (Lipinski definition) is 0. The lowest BCUT2D eigenvalue weighted by Gasteiger charge is -2.37. The van der Waals surface area contributed by atoms with Crippen LogP contribution in [0.15, 0.2) is 12.1 Å². The van der Waals surface area contributed by atoms with Crippen molar-refractivity contribution >= 4 is 17.1 Å². The van der Waals surface area contributed by atoms with Gasteiger partial charge >= 0.3 is 0 Å². The summed E-state index contributed by atoms with van der Waals surface area (Å²) in [6, 6.07) is 4.51. The summed E-state index contributed by atoms with van der Waals surface area (Å²) in [5.41, 5.74) is 0. The van der Waals surface area contributed by atoms with E-state index in [1.807, 2.05) is 19.1 Å². The van der Waals surface area contributed by atoms with Crippen LogP contribution >= 0.6 is 11.3 Å². The van der Waals surface area contributed by atoms with Crippen LogP contribution < -0.4 is 0 Å². The molecule has 2 rings (SSSR count). The second kappa shape index (κ2) is 5.29. The van der Waals surface area contributed by atoms with Crippen LogP contribution in [-0.2, 0) is 0 Å². The number of carbonyl (C=O) groups is 1. The molecule has 0 saturated carbocycles. The highest BCUT2D eigenvalue weighted by Crippen LogP contribution is 2.16. The first kappa shape index (κ1) is 12.7. The van der Waals surface area contributed by atoms with Crippen LogP contribution in [0, 0.1) is 6.92 Å². The first-order chi connectivity index (χ1) is 8.06. The first-order valence-electron chi connectivity index (χ1n) is 6.08. The maximum atomic E-state index is 12.1. The van der Waals surface area contributed by atoms with Crippen LogP contribution in [0.5, 0.6) is 0 Å². The third kappa shape index (κ3) is 3.15. The van der Waals surface area contributed by atoms with Gasteiger partial charge in [0, 0.05) is 30.6 Å². The molecule has 1 aromatic rings. The van der Waals surface area contributed by atoms with E-state index in [0.29, 0.717) is 12.6 Å². The van der Waals surface area contributed by atoms with Gasteiger partial charge in [-0.25, -0.2) is 0 Å². The number of carbonyl (C=O) groups excluding carboxylic acids is 1. The fraction of sp³-hybridized carbons (Fsp3) is 0.615. The van der Waals surface area contributed by atoms with Gasteiger partial charge < -0.3 is 4.90 Å². The molecule has 0 radical (unpaired) electrons. The van der Waals surface area contributed by atoms with Crippen LogP contribution in [0.1, 0.15) is 21.5 Å². The van der Waals surface area contributed by atoms with Gasteiger partial charge in [-0.1, -0.05) is 0 Å². The Morgan fingerprint density at radius 1 is 1.47 bits per heavy atom. The standard InChI is InChI=1S/C13H20N2OS/c1-10-8-15(7-6-14(10)3)9-12(16)13-5-4-11(2)17-13/h4-5,10H,6-9H2,1-3H3. The van der Waals surface area contributed by atoms with E-state index in [1.54, 1.807) is 11.3 Å². The molecule has 0 aliphatic carbocycles. The predicted octanol–water partition coefficient (Wildman–Crippen LogP) is 1.88. The lowest BCUT2D eigenvalue weighted by molar-refractivity contribution is 0.0789. The highest BCUT2D eigenvalue weighted by Gasteiger charge is 2.22. The molecule has 0 aromatic carbocycles. The van der Waals surface area contributed by atoms with Crippen molar-refractivity contribution in [2.24, 2.45) is 0 Å². The average molecular weight is 252 g/mol. The topological polar surface area (TPSA) is 23.6 Å². The molecule has 1 aromatic heterocycles. The van der Waals surface area contributed by atoms with Crippen LogP contribution in [0.25, 0.3) is 0 Å². The van der Waals surface area contributed by atoms with Crippen molar-refractivity contribution < 1.29 is 4.79 Å². The minimum atomic E-state index is 0.264. The Morgan fingerprint density at radius 2 is 2.24 bits per heavy atom. The molecule has 17 heavy (non-hydrogen) atoms. The van der Waals surface area contributed by atoms with E-state index >= 15 is 0 Å². The SMILES string of the molecule is Cc1ccc(C(=O)CN2CCN(C)C(C)C2)s1. The molecule has 0 N–H and O–H groups in total. The van der Waals surface area contributed by atoms with E-state index in [1.165, 1.54) is 4.88 Å². The summed E-state index contributed by atoms with van der Waals surface area (Å²) in [4.78, 5) is 18.8. The molecule has 1 aliphatic heterocycles. The summed E-state index contributed by atoms with van der Waals surface area (Å²) < 4.78 is 0. The molecule has 94 valence electrons. The van der Waals surface area contributed by atoms with Crippen LogP contribution in [-0.4, -0.2) is 54.9 Å². The second-order valence-electron chi connectivity index (χ2n) is 4.90. The van der Waals surface area contributed by atoms with E-state index in [9.17, 15) is 4.79 Å². The van der Waals surface area contributed by atoms with Gasteiger partial charge in [0.2, 0.25) is 0 Å². The summed E-state index contributed by atoms with van der Waals surface area (Å²) in [5, 5.41) is 0. The highest BCUT2D eigenvalue weighted by atomic mass is 32.1. The summed E-state index contributed by atoms with van der Waals surface area (Å²) in [5.74, 6) is 0.264. The van der Waals surface area contributed by atoms with Crippen molar-refractivity contribution in [3.8, 4) is 0 Å². The van der Waals surface area contributed by atoms with Gasteiger partial charge in [0.1, 0.15) is 0 Å². The number of hydrogen-bond acceptors (Lipinski definition) is 4. The van der Waals surface area contributed by atoms with E-state index in [4.69, 9.17) is 0 Å². The molecule has 3 nitrogen and oxygen atoms in total. The van der Waals surface area contributed by atoms with Gasteiger partial charge in [-0.2, -0.15) is 0 Å². The molecule has 1 unspecified atom stereocenters. The Kier molecular flexibility index (Phi) is 3.97. The monoisotopic (exact) mass is 252 g/mol. The first-order valence-corrected chi connectivity index (χ1v) is 6.90. The molecule has 1 saturated heterocycles. The van der Waals surface area contributed by atoms with Crippen molar-refractivity contribution in [1.82, 2.24) is 9.80 Å². The zero-order chi connectivity index (χ0) is 12.4. The van der Waals surface area contributed by atoms with Crippen LogP contribution in [0.3, 0.4) is 0 Å². The van der Waals surface area contributed by atoms with Gasteiger partial charge in [-0.3, -0.25) is 9.69 Å². The minimum Gasteiger partial charge on any atom is -0.301 e. The smallest absolute Gasteiger partial charge is 0.186 e. The number of rotatable bonds is 3. The van der Waals surface area contributed by atoms with Gasteiger partial charge in [-0.05, 0) is 33.0 Å². The number of piperazine rings is 1. The molecule has 1 aliphatic rings. The van der Waals surface area contributed by atoms with Gasteiger partial charge in [-0.15, -0.1) is 11.3 Å². The van der Waals surface area contributed by atoms with Crippen molar-refractivity contribution in [2.45, 2.75) is 19.9 Å². The molecule has 0 amide bonds. The quantitative estimate of drug-likeness (QED) is 0.767. The van der Waals surface area contributed by atoms with Gasteiger partial charge in [0.15, 0.2) is 5.78 Å². The lowest BCUT2D eigenvalue weighted by Crippen LogP contribution is -2.51. The zero-order valence-electron chi connectivity index (χ0n) is 10.8. The molecular formula is C13H20N2OS. The minimum absolute atomic E-state index is 0.264. The molecular weight excluding hydrogens is 232 g/mol. The fourth-order valence-corrected chi connectivity index (χ4v) is 2.93. The Bertz CT molecular complexity index is 402. The van der Waals surface area contributed by atoms with Crippen molar-refractivity contribution in [3.05, 3.63) is 21.9 Å². The number of aryl methyl sites for hydroxylation is 1. The lowest BCUT2D eigenvalue weighted by atomic mass is 10.2. The highest BCUT2D eigenvalue weighted by molar-refractivity contribution is 7.14. The van der Waals surface area contributed by atoms with Crippen molar-refractivity contribution in [1.29, 1.82) is 0 Å². The maximum absolute atomic E-state index is 12.1. The summed E-state index contributed by atoms with van der Waals surface area (Å²) in [6.07, 6.45) is 0. The molecule has 1 fully saturated rings. The molecule has 2 heterocycles. The molecule has 0 spiro atoms. The van der Waals surface area contributed by atoms with Gasteiger partial charge in [0.05, 0.1) is 11.4 Å². The third-order valence-electron chi connectivity index (χ3n) is 3.43. The number of Topliss-reactive ketones (excluding diaryl/α,β-unsaturated/α-hetero) is 1. The average Bonchev–Trinajstić information content (AvgIpc) is 2.70. The van der Waals surface area contributed by atoms with E-state index < -0.39 is 0 Å². The number of likely N-dealkylation sites (N-methyl/N-ethyl adjacent to an activating group) is 1. The molecule has 0 bridgehead atoms. The Labute approximate surface area is 107 Å². The van der Waals surface area contributed by atoms with Gasteiger partial charge in [0.25, 0.3) is 0 Å². The zero-order valence-corrected chi connectivity index (χ0v) is 11.6. The summed E-state index contributed by atoms with van der Waals surface area (Å²) in [7, 11) is 2.15. The Balaban J connectivity index is 1.91. The normalized spacial score (nSPS) is 22.9. The predicted molar refractivity (Wildman–Crippen MR) is 71.9 cm³/mol. The maximum Gasteiger partial charge on any atom is 0.186 e. The van der Waals surface area contributed by atoms with Crippen LogP contribution in [0.4, 0.5) is 0 Å². The van der Waals surface area contributed by atoms with E-state index in [-0.39, 0.29) is 5.78 Å². The number of nitrogens with zero attached hydrogens (tertiary/aromatic N) is 2. The molecule has 1 atom stereocenters. The van der Waals surface area contributed by atoms with Crippen molar-refractivity contribution in [2.75, 3.05) is 33.2 Å². The van der Waals surface area contributed by atoms with E-state index in [0.717, 1.165) is 24.5 Å². The molecule has 4 heteroatoms. The largest absolute Gasteiger partial charge is 0.301 e. The third-order valence-corrected chi connectivity index (χ3v) is 4.47. The van der Waals surface area contributed by atoms with E-state index in [2.05, 4.69) is 23.8 Å². The summed E-state index contributed by atoms with van der Waals surface area (Å²) in [6.45, 7) is 7.87. The Hall–Kier alpha value is -0.710. The second-order valence-corrected chi connectivity index (χ2v) is 6.19. The van der Waals surface area contributed by atoms with Crippen molar-refractivity contribution in [3.63, 3.8) is 0 Å². The number of thiophene rings is 1. The Morgan fingerprint density at radius 3 is 2.82 bits per heavy atom. The summed E-state index contributed by atoms with van der Waals surface area (Å²) >= 11 is 1.60. The fourth-order valence-electron chi connectivity index (χ4n) is 2.13. The van der Waals surface area contributed by atoms with Crippen LogP contribution in [0.2, 0.25) is 0 Å². The number of ketones is 1.